The Morgan fingerprint density at radius 1 is 1.38 bits per heavy atom. The average Bonchev–Trinajstić information content (AvgIpc) is 2.84. The highest BCUT2D eigenvalue weighted by Gasteiger charge is 2.27. The van der Waals surface area contributed by atoms with Gasteiger partial charge in [0, 0.05) is 30.1 Å². The summed E-state index contributed by atoms with van der Waals surface area (Å²) in [6.07, 6.45) is -1.41. The predicted octanol–water partition coefficient (Wildman–Crippen LogP) is 3.60. The van der Waals surface area contributed by atoms with E-state index in [0.29, 0.717) is 12.3 Å². The Hall–Kier alpha value is -0.660. The molecule has 120 valence electrons. The van der Waals surface area contributed by atoms with Crippen molar-refractivity contribution in [1.29, 1.82) is 0 Å². The molecular weight excluding hydrogens is 301 g/mol. The van der Waals surface area contributed by atoms with Crippen molar-refractivity contribution in [2.75, 3.05) is 32.8 Å². The molecule has 0 amide bonds. The summed E-state index contributed by atoms with van der Waals surface area (Å²) >= 11 is 1.73. The lowest BCUT2D eigenvalue weighted by molar-refractivity contribution is -0.174. The van der Waals surface area contributed by atoms with Crippen molar-refractivity contribution >= 4 is 11.3 Å². The van der Waals surface area contributed by atoms with E-state index >= 15 is 0 Å². The van der Waals surface area contributed by atoms with Gasteiger partial charge in [-0.25, -0.2) is 4.98 Å². The normalized spacial score (nSPS) is 18.3. The van der Waals surface area contributed by atoms with Gasteiger partial charge in [-0.3, -0.25) is 0 Å². The summed E-state index contributed by atoms with van der Waals surface area (Å²) in [6.45, 7) is 3.83. The second kappa shape index (κ2) is 7.56. The van der Waals surface area contributed by atoms with Crippen molar-refractivity contribution in [3.63, 3.8) is 0 Å². The minimum atomic E-state index is -4.22. The predicted molar refractivity (Wildman–Crippen MR) is 76.8 cm³/mol. The van der Waals surface area contributed by atoms with E-state index < -0.39 is 12.8 Å². The van der Waals surface area contributed by atoms with Crippen LogP contribution in [0.15, 0.2) is 5.38 Å². The average molecular weight is 322 g/mol. The monoisotopic (exact) mass is 322 g/mol. The molecule has 3 nitrogen and oxygen atoms in total. The van der Waals surface area contributed by atoms with Gasteiger partial charge < -0.3 is 9.64 Å². The topological polar surface area (TPSA) is 25.4 Å². The summed E-state index contributed by atoms with van der Waals surface area (Å²) in [5.41, 5.74) is 1.08. The van der Waals surface area contributed by atoms with E-state index in [9.17, 15) is 13.2 Å². The zero-order valence-corrected chi connectivity index (χ0v) is 13.0. The Morgan fingerprint density at radius 3 is 2.67 bits per heavy atom. The summed E-state index contributed by atoms with van der Waals surface area (Å²) in [7, 11) is 0. The number of thiazole rings is 1. The summed E-state index contributed by atoms with van der Waals surface area (Å²) in [6, 6.07) is 0. The number of likely N-dealkylation sites (tertiary alicyclic amines) is 1. The zero-order valence-electron chi connectivity index (χ0n) is 12.2. The Balaban J connectivity index is 1.59. The van der Waals surface area contributed by atoms with E-state index in [4.69, 9.17) is 0 Å². The molecule has 0 aromatic carbocycles. The van der Waals surface area contributed by atoms with Crippen LogP contribution in [-0.2, 0) is 4.74 Å². The van der Waals surface area contributed by atoms with Gasteiger partial charge in [0.15, 0.2) is 0 Å². The second-order valence-corrected chi connectivity index (χ2v) is 6.35. The Labute approximate surface area is 127 Å². The molecule has 21 heavy (non-hydrogen) atoms. The smallest absolute Gasteiger partial charge is 0.372 e. The maximum Gasteiger partial charge on any atom is 0.411 e. The van der Waals surface area contributed by atoms with Crippen molar-refractivity contribution < 1.29 is 17.9 Å². The van der Waals surface area contributed by atoms with Crippen LogP contribution in [-0.4, -0.2) is 48.9 Å². The van der Waals surface area contributed by atoms with Crippen LogP contribution in [0.3, 0.4) is 0 Å². The molecule has 0 N–H and O–H groups in total. The van der Waals surface area contributed by atoms with Gasteiger partial charge in [0.1, 0.15) is 6.61 Å². The van der Waals surface area contributed by atoms with Crippen molar-refractivity contribution in [1.82, 2.24) is 9.88 Å². The molecule has 0 aliphatic carbocycles. The minimum Gasteiger partial charge on any atom is -0.372 e. The fraction of sp³-hybridized carbons (Fsp3) is 0.786. The molecule has 0 saturated carbocycles. The maximum absolute atomic E-state index is 11.9. The summed E-state index contributed by atoms with van der Waals surface area (Å²) in [5, 5.41) is 3.31. The molecular formula is C14H21F3N2OS. The number of alkyl halides is 3. The zero-order chi connectivity index (χ0) is 15.3. The van der Waals surface area contributed by atoms with Crippen molar-refractivity contribution in [2.45, 2.75) is 38.3 Å². The van der Waals surface area contributed by atoms with Gasteiger partial charge in [0.05, 0.1) is 5.01 Å². The third-order valence-electron chi connectivity index (χ3n) is 3.60. The first kappa shape index (κ1) is 16.7. The largest absolute Gasteiger partial charge is 0.411 e. The van der Waals surface area contributed by atoms with Crippen LogP contribution < -0.4 is 0 Å². The molecule has 1 saturated heterocycles. The molecule has 1 aromatic heterocycles. The van der Waals surface area contributed by atoms with E-state index in [1.165, 1.54) is 5.01 Å². The maximum atomic E-state index is 11.9. The standard InChI is InChI=1S/C14H21F3N2OS/c1-11-9-21-13(18-11)12-3-6-19(7-4-12)5-2-8-20-10-14(15,16)17/h9,12H,2-8,10H2,1H3. The highest BCUT2D eigenvalue weighted by molar-refractivity contribution is 7.09. The molecule has 1 aromatic rings. The van der Waals surface area contributed by atoms with E-state index in [2.05, 4.69) is 20.0 Å². The van der Waals surface area contributed by atoms with Crippen LogP contribution in [0.1, 0.15) is 35.9 Å². The van der Waals surface area contributed by atoms with Gasteiger partial charge >= 0.3 is 6.18 Å². The molecule has 1 aliphatic heterocycles. The first-order valence-corrected chi connectivity index (χ1v) is 8.11. The first-order valence-electron chi connectivity index (χ1n) is 7.23. The quantitative estimate of drug-likeness (QED) is 0.748. The molecule has 0 spiro atoms. The number of aromatic nitrogens is 1. The van der Waals surface area contributed by atoms with Gasteiger partial charge in [-0.1, -0.05) is 0 Å². The molecule has 1 aliphatic rings. The minimum absolute atomic E-state index is 0.172. The van der Waals surface area contributed by atoms with Gasteiger partial charge in [-0.15, -0.1) is 11.3 Å². The van der Waals surface area contributed by atoms with E-state index in [-0.39, 0.29) is 6.61 Å². The number of piperidine rings is 1. The highest BCUT2D eigenvalue weighted by atomic mass is 32.1. The number of aryl methyl sites for hydroxylation is 1. The fourth-order valence-electron chi connectivity index (χ4n) is 2.54. The summed E-state index contributed by atoms with van der Waals surface area (Å²) in [4.78, 5) is 6.84. The van der Waals surface area contributed by atoms with Crippen LogP contribution in [0.25, 0.3) is 0 Å². The van der Waals surface area contributed by atoms with Crippen LogP contribution in [0.2, 0.25) is 0 Å². The fourth-order valence-corrected chi connectivity index (χ4v) is 3.51. The molecule has 2 rings (SSSR count). The summed E-state index contributed by atoms with van der Waals surface area (Å²) < 4.78 is 40.3. The van der Waals surface area contributed by atoms with Gasteiger partial charge in [-0.2, -0.15) is 13.2 Å². The number of nitrogens with zero attached hydrogens (tertiary/aromatic N) is 2. The molecule has 0 radical (unpaired) electrons. The van der Waals surface area contributed by atoms with Crippen molar-refractivity contribution in [3.8, 4) is 0 Å². The van der Waals surface area contributed by atoms with Crippen molar-refractivity contribution in [3.05, 3.63) is 16.1 Å². The van der Waals surface area contributed by atoms with Crippen LogP contribution in [0, 0.1) is 6.92 Å². The third-order valence-corrected chi connectivity index (χ3v) is 4.73. The molecule has 1 fully saturated rings. The SMILES string of the molecule is Cc1csc(C2CCN(CCCOCC(F)(F)F)CC2)n1. The first-order chi connectivity index (χ1) is 9.94. The molecule has 0 unspecified atom stereocenters. The Morgan fingerprint density at radius 2 is 2.10 bits per heavy atom. The van der Waals surface area contributed by atoms with E-state index in [1.54, 1.807) is 11.3 Å². The molecule has 0 atom stereocenters. The van der Waals surface area contributed by atoms with Gasteiger partial charge in [0.25, 0.3) is 0 Å². The second-order valence-electron chi connectivity index (χ2n) is 5.46. The van der Waals surface area contributed by atoms with Crippen LogP contribution in [0.5, 0.6) is 0 Å². The number of ether oxygens (including phenoxy) is 1. The molecule has 2 heterocycles. The number of rotatable bonds is 6. The summed E-state index contributed by atoms with van der Waals surface area (Å²) in [5.74, 6) is 0.543. The highest BCUT2D eigenvalue weighted by Crippen LogP contribution is 2.30. The van der Waals surface area contributed by atoms with Crippen LogP contribution >= 0.6 is 11.3 Å². The third kappa shape index (κ3) is 5.92. The number of halogens is 3. The Kier molecular flexibility index (Phi) is 6.01. The van der Waals surface area contributed by atoms with E-state index in [1.807, 2.05) is 6.92 Å². The lowest BCUT2D eigenvalue weighted by atomic mass is 9.97. The van der Waals surface area contributed by atoms with Crippen LogP contribution in [0.4, 0.5) is 13.2 Å². The number of hydrogen-bond acceptors (Lipinski definition) is 4. The Bertz CT molecular complexity index is 428. The van der Waals surface area contributed by atoms with Gasteiger partial charge in [-0.05, 0) is 39.3 Å². The number of hydrogen-bond donors (Lipinski definition) is 0. The molecule has 7 heteroatoms. The lowest BCUT2D eigenvalue weighted by Gasteiger charge is -2.31. The van der Waals surface area contributed by atoms with Crippen molar-refractivity contribution in [2.24, 2.45) is 0 Å². The molecule has 0 bridgehead atoms. The van der Waals surface area contributed by atoms with E-state index in [0.717, 1.165) is 38.2 Å². The van der Waals surface area contributed by atoms with Gasteiger partial charge in [0.2, 0.25) is 0 Å². The lowest BCUT2D eigenvalue weighted by Crippen LogP contribution is -2.34.